The van der Waals surface area contributed by atoms with Gasteiger partial charge in [0, 0.05) is 0 Å². The minimum atomic E-state index is -0.0421. The number of hydrogen-bond donors (Lipinski definition) is 1. The van der Waals surface area contributed by atoms with Gasteiger partial charge in [-0.2, -0.15) is 5.26 Å². The molecular weight excluding hydrogens is 134 g/mol. The number of nitrogens with zero attached hydrogens (tertiary/aromatic N) is 1. The summed E-state index contributed by atoms with van der Waals surface area (Å²) in [6.07, 6.45) is 0. The number of aliphatic hydroxyl groups is 1. The molecule has 0 aliphatic rings. The van der Waals surface area contributed by atoms with Gasteiger partial charge in [0.2, 0.25) is 0 Å². The Bertz CT molecular complexity index is 164. The maximum atomic E-state index is 8.76. The van der Waals surface area contributed by atoms with Crippen LogP contribution < -0.4 is 0 Å². The fourth-order valence-corrected chi connectivity index (χ4v) is 0.335. The predicted molar refractivity (Wildman–Crippen MR) is 33.9 cm³/mol. The van der Waals surface area contributed by atoms with E-state index < -0.39 is 0 Å². The zero-order valence-electron chi connectivity index (χ0n) is 5.92. The summed E-state index contributed by atoms with van der Waals surface area (Å²) in [5.74, 6) is -0.0421. The molecule has 0 unspecified atom stereocenters. The van der Waals surface area contributed by atoms with Gasteiger partial charge < -0.3 is 5.11 Å². The SMILES string of the molecule is COOC/C(C#N)=C(/C)O. The van der Waals surface area contributed by atoms with Crippen molar-refractivity contribution < 1.29 is 14.9 Å². The maximum Gasteiger partial charge on any atom is 0.120 e. The zero-order valence-corrected chi connectivity index (χ0v) is 5.92. The molecule has 0 amide bonds. The first kappa shape index (κ1) is 8.95. The molecule has 0 aromatic carbocycles. The molecule has 0 saturated heterocycles. The fourth-order valence-electron chi connectivity index (χ4n) is 0.335. The van der Waals surface area contributed by atoms with Crippen LogP contribution in [0.25, 0.3) is 0 Å². The molecule has 4 heteroatoms. The highest BCUT2D eigenvalue weighted by atomic mass is 17.2. The van der Waals surface area contributed by atoms with Crippen molar-refractivity contribution in [3.63, 3.8) is 0 Å². The smallest absolute Gasteiger partial charge is 0.120 e. The molecule has 1 N–H and O–H groups in total. The van der Waals surface area contributed by atoms with Gasteiger partial charge in [-0.15, -0.1) is 0 Å². The quantitative estimate of drug-likeness (QED) is 0.276. The van der Waals surface area contributed by atoms with Crippen molar-refractivity contribution in [2.24, 2.45) is 0 Å². The summed E-state index contributed by atoms with van der Waals surface area (Å²) in [7, 11) is 1.34. The Hall–Kier alpha value is -1.05. The fraction of sp³-hybridized carbons (Fsp3) is 0.500. The van der Waals surface area contributed by atoms with Gasteiger partial charge in [0.05, 0.1) is 12.7 Å². The van der Waals surface area contributed by atoms with E-state index >= 15 is 0 Å². The van der Waals surface area contributed by atoms with Crippen molar-refractivity contribution in [1.82, 2.24) is 0 Å². The molecule has 0 aliphatic heterocycles. The van der Waals surface area contributed by atoms with Crippen LogP contribution in [-0.4, -0.2) is 18.8 Å². The van der Waals surface area contributed by atoms with Crippen LogP contribution in [0.1, 0.15) is 6.92 Å². The number of hydrogen-bond acceptors (Lipinski definition) is 4. The standard InChI is InChI=1S/C6H9NO3/c1-5(8)6(3-7)4-10-9-2/h8H,4H2,1-2H3/b6-5-. The summed E-state index contributed by atoms with van der Waals surface area (Å²) in [5.41, 5.74) is 0.168. The van der Waals surface area contributed by atoms with Crippen molar-refractivity contribution in [2.75, 3.05) is 13.7 Å². The van der Waals surface area contributed by atoms with Crippen LogP contribution in [0.4, 0.5) is 0 Å². The van der Waals surface area contributed by atoms with Crippen LogP contribution in [0.15, 0.2) is 11.3 Å². The summed E-state index contributed by atoms with van der Waals surface area (Å²) in [6.45, 7) is 1.40. The molecular formula is C6H9NO3. The van der Waals surface area contributed by atoms with Crippen LogP contribution >= 0.6 is 0 Å². The molecule has 0 aliphatic carbocycles. The van der Waals surface area contributed by atoms with Crippen LogP contribution in [0.5, 0.6) is 0 Å². The molecule has 0 bridgehead atoms. The van der Waals surface area contributed by atoms with Crippen molar-refractivity contribution >= 4 is 0 Å². The van der Waals surface area contributed by atoms with Gasteiger partial charge in [-0.05, 0) is 6.92 Å². The molecule has 0 radical (unpaired) electrons. The third-order valence-electron chi connectivity index (χ3n) is 0.893. The first-order valence-corrected chi connectivity index (χ1v) is 2.66. The second-order valence-electron chi connectivity index (χ2n) is 1.60. The molecule has 0 saturated carbocycles. The van der Waals surface area contributed by atoms with E-state index in [1.807, 2.05) is 0 Å². The molecule has 56 valence electrons. The predicted octanol–water partition coefficient (Wildman–Crippen LogP) is 0.920. The van der Waals surface area contributed by atoms with Gasteiger partial charge in [0.1, 0.15) is 18.4 Å². The van der Waals surface area contributed by atoms with Crippen LogP contribution in [0, 0.1) is 11.3 Å². The second kappa shape index (κ2) is 4.79. The van der Waals surface area contributed by atoms with E-state index in [-0.39, 0.29) is 17.9 Å². The molecule has 10 heavy (non-hydrogen) atoms. The second-order valence-corrected chi connectivity index (χ2v) is 1.60. The minimum absolute atomic E-state index is 0.0185. The van der Waals surface area contributed by atoms with Gasteiger partial charge in [-0.3, -0.25) is 0 Å². The van der Waals surface area contributed by atoms with Gasteiger partial charge >= 0.3 is 0 Å². The summed E-state index contributed by atoms with van der Waals surface area (Å²) >= 11 is 0. The number of nitriles is 1. The van der Waals surface area contributed by atoms with Crippen molar-refractivity contribution in [3.8, 4) is 6.07 Å². The van der Waals surface area contributed by atoms with Gasteiger partial charge in [0.25, 0.3) is 0 Å². The Balaban J connectivity index is 3.89. The summed E-state index contributed by atoms with van der Waals surface area (Å²) in [4.78, 5) is 8.64. The average Bonchev–Trinajstić information content (AvgIpc) is 1.89. The summed E-state index contributed by atoms with van der Waals surface area (Å²) in [5, 5.41) is 17.1. The van der Waals surface area contributed by atoms with E-state index in [0.29, 0.717) is 0 Å². The van der Waals surface area contributed by atoms with E-state index in [0.717, 1.165) is 0 Å². The Morgan fingerprint density at radius 1 is 1.70 bits per heavy atom. The largest absolute Gasteiger partial charge is 0.511 e. The normalized spacial score (nSPS) is 12.1. The van der Waals surface area contributed by atoms with Crippen molar-refractivity contribution in [2.45, 2.75) is 6.92 Å². The monoisotopic (exact) mass is 143 g/mol. The summed E-state index contributed by atoms with van der Waals surface area (Å²) < 4.78 is 0. The highest BCUT2D eigenvalue weighted by molar-refractivity contribution is 5.22. The highest BCUT2D eigenvalue weighted by Crippen LogP contribution is 1.98. The first-order chi connectivity index (χ1) is 4.72. The van der Waals surface area contributed by atoms with Crippen molar-refractivity contribution in [1.29, 1.82) is 5.26 Å². The Morgan fingerprint density at radius 2 is 2.30 bits per heavy atom. The molecule has 0 heterocycles. The number of aliphatic hydroxyl groups excluding tert-OH is 1. The van der Waals surface area contributed by atoms with E-state index in [4.69, 9.17) is 10.4 Å². The minimum Gasteiger partial charge on any atom is -0.511 e. The number of allylic oxidation sites excluding steroid dienone is 1. The lowest BCUT2D eigenvalue weighted by Crippen LogP contribution is -1.97. The van der Waals surface area contributed by atoms with Crippen LogP contribution in [-0.2, 0) is 9.78 Å². The molecule has 0 rings (SSSR count). The van der Waals surface area contributed by atoms with E-state index in [9.17, 15) is 0 Å². The summed E-state index contributed by atoms with van der Waals surface area (Å²) in [6, 6.07) is 1.76. The molecule has 0 aromatic rings. The molecule has 0 spiro atoms. The lowest BCUT2D eigenvalue weighted by Gasteiger charge is -1.97. The van der Waals surface area contributed by atoms with Gasteiger partial charge in [0.15, 0.2) is 0 Å². The van der Waals surface area contributed by atoms with E-state index in [1.165, 1.54) is 14.0 Å². The van der Waals surface area contributed by atoms with Gasteiger partial charge in [-0.1, -0.05) is 0 Å². The topological polar surface area (TPSA) is 62.5 Å². The Kier molecular flexibility index (Phi) is 4.29. The highest BCUT2D eigenvalue weighted by Gasteiger charge is 1.99. The van der Waals surface area contributed by atoms with Crippen molar-refractivity contribution in [3.05, 3.63) is 11.3 Å². The number of rotatable bonds is 3. The average molecular weight is 143 g/mol. The first-order valence-electron chi connectivity index (χ1n) is 2.66. The van der Waals surface area contributed by atoms with Crippen LogP contribution in [0.2, 0.25) is 0 Å². The zero-order chi connectivity index (χ0) is 7.98. The Morgan fingerprint density at radius 3 is 2.60 bits per heavy atom. The molecule has 0 aromatic heterocycles. The third-order valence-corrected chi connectivity index (χ3v) is 0.893. The lowest BCUT2D eigenvalue weighted by atomic mass is 10.3. The third kappa shape index (κ3) is 3.07. The lowest BCUT2D eigenvalue weighted by molar-refractivity contribution is -0.264. The molecule has 4 nitrogen and oxygen atoms in total. The molecule has 0 fully saturated rings. The van der Waals surface area contributed by atoms with Gasteiger partial charge in [-0.25, -0.2) is 9.78 Å². The van der Waals surface area contributed by atoms with E-state index in [1.54, 1.807) is 6.07 Å². The maximum absolute atomic E-state index is 8.76. The Labute approximate surface area is 59.2 Å². The van der Waals surface area contributed by atoms with Crippen LogP contribution in [0.3, 0.4) is 0 Å². The van der Waals surface area contributed by atoms with E-state index in [2.05, 4.69) is 9.78 Å². The molecule has 0 atom stereocenters.